The fraction of sp³-hybridized carbons (Fsp3) is 0.207. The van der Waals surface area contributed by atoms with E-state index in [0.717, 1.165) is 49.4 Å². The van der Waals surface area contributed by atoms with Crippen molar-refractivity contribution in [1.82, 2.24) is 0 Å². The van der Waals surface area contributed by atoms with Crippen LogP contribution in [0.3, 0.4) is 0 Å². The van der Waals surface area contributed by atoms with Crippen molar-refractivity contribution in [2.24, 2.45) is 0 Å². The van der Waals surface area contributed by atoms with Gasteiger partial charge in [-0.05, 0) is 68.8 Å². The number of anilines is 1. The Morgan fingerprint density at radius 1 is 1.06 bits per heavy atom. The summed E-state index contributed by atoms with van der Waals surface area (Å²) in [5.74, 6) is 0.528. The third-order valence-electron chi connectivity index (χ3n) is 6.06. The highest BCUT2D eigenvalue weighted by atomic mass is 32.2. The monoisotopic (exact) mass is 471 g/mol. The van der Waals surface area contributed by atoms with E-state index in [4.69, 9.17) is 9.15 Å². The zero-order valence-corrected chi connectivity index (χ0v) is 21.2. The van der Waals surface area contributed by atoms with E-state index < -0.39 is 0 Å². The van der Waals surface area contributed by atoms with E-state index >= 15 is 0 Å². The van der Waals surface area contributed by atoms with Crippen LogP contribution in [0.1, 0.15) is 29.2 Å². The molecule has 1 aromatic heterocycles. The highest BCUT2D eigenvalue weighted by Gasteiger charge is 2.19. The van der Waals surface area contributed by atoms with Crippen molar-refractivity contribution in [1.29, 1.82) is 0 Å². The van der Waals surface area contributed by atoms with Gasteiger partial charge in [0.15, 0.2) is 0 Å². The summed E-state index contributed by atoms with van der Waals surface area (Å²) in [5, 5.41) is 4.00. The van der Waals surface area contributed by atoms with Crippen LogP contribution < -0.4 is 10.1 Å². The molecule has 3 aromatic carbocycles. The number of methoxy groups -OCH3 is 1. The quantitative estimate of drug-likeness (QED) is 0.230. The van der Waals surface area contributed by atoms with Gasteiger partial charge in [-0.25, -0.2) is 0 Å². The van der Waals surface area contributed by atoms with Gasteiger partial charge in [-0.3, -0.25) is 4.79 Å². The normalized spacial score (nSPS) is 11.6. The second-order valence-corrected chi connectivity index (χ2v) is 9.29. The van der Waals surface area contributed by atoms with E-state index in [-0.39, 0.29) is 5.91 Å². The largest absolute Gasteiger partial charge is 0.496 e. The number of fused-ring (bicyclic) bond motifs is 1. The van der Waals surface area contributed by atoms with Crippen molar-refractivity contribution in [3.8, 4) is 16.9 Å². The Hall–Kier alpha value is -3.44. The Bertz CT molecular complexity index is 1410. The minimum Gasteiger partial charge on any atom is -0.496 e. The van der Waals surface area contributed by atoms with E-state index in [2.05, 4.69) is 43.4 Å². The predicted molar refractivity (Wildman–Crippen MR) is 143 cm³/mol. The molecule has 0 saturated heterocycles. The number of carbonyl (C=O) groups is 1. The number of furan rings is 1. The molecular formula is C29H29NO3S. The predicted octanol–water partition coefficient (Wildman–Crippen LogP) is 7.80. The van der Waals surface area contributed by atoms with Crippen LogP contribution in [0.15, 0.2) is 70.2 Å². The molecule has 0 saturated carbocycles. The summed E-state index contributed by atoms with van der Waals surface area (Å²) in [5.41, 5.74) is 8.76. The molecule has 34 heavy (non-hydrogen) atoms. The Balaban J connectivity index is 1.78. The van der Waals surface area contributed by atoms with Gasteiger partial charge in [-0.15, -0.1) is 11.8 Å². The van der Waals surface area contributed by atoms with Gasteiger partial charge in [0.1, 0.15) is 11.3 Å². The number of carbonyl (C=O) groups excluding carboxylic acids is 1. The highest BCUT2D eigenvalue weighted by molar-refractivity contribution is 7.98. The van der Waals surface area contributed by atoms with Crippen molar-refractivity contribution < 1.29 is 13.9 Å². The molecule has 1 N–H and O–H groups in total. The number of rotatable bonds is 6. The first-order valence-corrected chi connectivity index (χ1v) is 12.4. The molecule has 0 atom stereocenters. The molecule has 5 heteroatoms. The summed E-state index contributed by atoms with van der Waals surface area (Å²) >= 11 is 1.60. The third kappa shape index (κ3) is 4.48. The first-order valence-electron chi connectivity index (χ1n) is 11.1. The number of aryl methyl sites for hydroxylation is 3. The van der Waals surface area contributed by atoms with Gasteiger partial charge in [-0.2, -0.15) is 0 Å². The molecule has 0 aliphatic heterocycles. The van der Waals surface area contributed by atoms with Crippen LogP contribution in [0.5, 0.6) is 5.75 Å². The summed E-state index contributed by atoms with van der Waals surface area (Å²) in [6, 6.07) is 16.3. The summed E-state index contributed by atoms with van der Waals surface area (Å²) < 4.78 is 11.8. The molecule has 4 aromatic rings. The highest BCUT2D eigenvalue weighted by Crippen LogP contribution is 2.41. The minimum absolute atomic E-state index is 0.180. The van der Waals surface area contributed by atoms with Crippen LogP contribution in [0.2, 0.25) is 0 Å². The molecule has 4 rings (SSSR count). The van der Waals surface area contributed by atoms with E-state index in [1.165, 1.54) is 11.1 Å². The SMILES string of the molecule is COc1c(/C(C)=C/C(=O)Nc2ccccc2SC)cc2c(-c3ccc(C)cc3C)coc2c1C. The van der Waals surface area contributed by atoms with Gasteiger partial charge in [0, 0.05) is 33.0 Å². The molecule has 4 nitrogen and oxygen atoms in total. The van der Waals surface area contributed by atoms with E-state index in [0.29, 0.717) is 5.75 Å². The van der Waals surface area contributed by atoms with Gasteiger partial charge >= 0.3 is 0 Å². The van der Waals surface area contributed by atoms with Crippen LogP contribution in [-0.2, 0) is 4.79 Å². The number of amides is 1. The third-order valence-corrected chi connectivity index (χ3v) is 6.85. The molecule has 174 valence electrons. The second-order valence-electron chi connectivity index (χ2n) is 8.44. The Kier molecular flexibility index (Phi) is 6.85. The fourth-order valence-corrected chi connectivity index (χ4v) is 4.94. The standard InChI is InChI=1S/C29H29NO3S/c1-17-11-12-21(18(2)13-17)24-16-33-29-20(4)28(32-5)22(15-23(24)29)19(3)14-27(31)30-25-9-7-8-10-26(25)34-6/h7-16H,1-6H3,(H,30,31)/b19-14+. The van der Waals surface area contributed by atoms with Crippen molar-refractivity contribution in [3.05, 3.63) is 83.1 Å². The van der Waals surface area contributed by atoms with Crippen molar-refractivity contribution >= 4 is 39.9 Å². The molecule has 0 aliphatic rings. The average molecular weight is 472 g/mol. The number of allylic oxidation sites excluding steroid dienone is 1. The molecule has 0 unspecified atom stereocenters. The van der Waals surface area contributed by atoms with Gasteiger partial charge < -0.3 is 14.5 Å². The Morgan fingerprint density at radius 3 is 2.53 bits per heavy atom. The molecule has 1 amide bonds. The summed E-state index contributed by atoms with van der Waals surface area (Å²) in [6.45, 7) is 8.12. The number of nitrogens with one attached hydrogen (secondary N) is 1. The molecule has 0 radical (unpaired) electrons. The number of hydrogen-bond acceptors (Lipinski definition) is 4. The zero-order chi connectivity index (χ0) is 24.4. The topological polar surface area (TPSA) is 51.5 Å². The number of ether oxygens (including phenoxy) is 1. The number of thioether (sulfide) groups is 1. The first kappa shape index (κ1) is 23.7. The molecule has 0 aliphatic carbocycles. The average Bonchev–Trinajstić information content (AvgIpc) is 3.23. The van der Waals surface area contributed by atoms with Gasteiger partial charge in [0.25, 0.3) is 0 Å². The van der Waals surface area contributed by atoms with E-state index in [9.17, 15) is 4.79 Å². The number of hydrogen-bond donors (Lipinski definition) is 1. The van der Waals surface area contributed by atoms with Gasteiger partial charge in [-0.1, -0.05) is 35.9 Å². The zero-order valence-electron chi connectivity index (χ0n) is 20.4. The molecular weight excluding hydrogens is 442 g/mol. The lowest BCUT2D eigenvalue weighted by Crippen LogP contribution is -2.09. The molecule has 0 spiro atoms. The van der Waals surface area contributed by atoms with Crippen LogP contribution in [0.25, 0.3) is 27.7 Å². The van der Waals surface area contributed by atoms with Gasteiger partial charge in [0.2, 0.25) is 5.91 Å². The lowest BCUT2D eigenvalue weighted by atomic mass is 9.94. The van der Waals surface area contributed by atoms with Crippen LogP contribution >= 0.6 is 11.8 Å². The second kappa shape index (κ2) is 9.82. The first-order chi connectivity index (χ1) is 16.3. The molecule has 0 fully saturated rings. The smallest absolute Gasteiger partial charge is 0.248 e. The van der Waals surface area contributed by atoms with Crippen molar-refractivity contribution in [2.75, 3.05) is 18.7 Å². The lowest BCUT2D eigenvalue weighted by molar-refractivity contribution is -0.111. The fourth-order valence-electron chi connectivity index (χ4n) is 4.39. The maximum absolute atomic E-state index is 12.9. The van der Waals surface area contributed by atoms with Crippen LogP contribution in [0.4, 0.5) is 5.69 Å². The van der Waals surface area contributed by atoms with Crippen molar-refractivity contribution in [3.63, 3.8) is 0 Å². The summed E-state index contributed by atoms with van der Waals surface area (Å²) in [4.78, 5) is 13.9. The van der Waals surface area contributed by atoms with E-state index in [1.807, 2.05) is 50.6 Å². The van der Waals surface area contributed by atoms with Crippen LogP contribution in [0, 0.1) is 20.8 Å². The summed E-state index contributed by atoms with van der Waals surface area (Å²) in [7, 11) is 1.65. The molecule has 1 heterocycles. The van der Waals surface area contributed by atoms with E-state index in [1.54, 1.807) is 24.9 Å². The van der Waals surface area contributed by atoms with Crippen LogP contribution in [-0.4, -0.2) is 19.3 Å². The Labute approximate surface area is 205 Å². The summed E-state index contributed by atoms with van der Waals surface area (Å²) in [6.07, 6.45) is 5.42. The maximum Gasteiger partial charge on any atom is 0.248 e. The number of benzene rings is 3. The van der Waals surface area contributed by atoms with Crippen molar-refractivity contribution in [2.45, 2.75) is 32.6 Å². The lowest BCUT2D eigenvalue weighted by Gasteiger charge is -2.14. The minimum atomic E-state index is -0.180. The van der Waals surface area contributed by atoms with Gasteiger partial charge in [0.05, 0.1) is 19.1 Å². The molecule has 0 bridgehead atoms. The Morgan fingerprint density at radius 2 is 1.82 bits per heavy atom. The maximum atomic E-state index is 12.9. The number of para-hydroxylation sites is 1.